The number of nitrogens with one attached hydrogen (secondary N) is 2. The molecule has 4 nitrogen and oxygen atoms in total. The number of nitrogens with two attached hydrogens (primary N) is 1. The van der Waals surface area contributed by atoms with E-state index in [-0.39, 0.29) is 5.84 Å². The quantitative estimate of drug-likeness (QED) is 0.405. The van der Waals surface area contributed by atoms with Gasteiger partial charge < -0.3 is 11.1 Å². The van der Waals surface area contributed by atoms with Gasteiger partial charge in [0.1, 0.15) is 5.84 Å². The van der Waals surface area contributed by atoms with E-state index in [4.69, 9.17) is 27.7 Å². The zero-order chi connectivity index (χ0) is 16.4. The Bertz CT molecular complexity index is 774. The summed E-state index contributed by atoms with van der Waals surface area (Å²) in [5.41, 5.74) is 8.83. The first-order valence-corrected chi connectivity index (χ1v) is 10.2. The molecule has 1 aliphatic heterocycles. The van der Waals surface area contributed by atoms with Crippen molar-refractivity contribution in [3.05, 3.63) is 45.8 Å². The smallest absolute Gasteiger partial charge is 0.167 e. The molecule has 0 spiro atoms. The van der Waals surface area contributed by atoms with Crippen LogP contribution in [-0.2, 0) is 5.66 Å². The number of para-hydroxylation sites is 1. The number of nitrogen functional groups attached to an aromatic ring is 1. The van der Waals surface area contributed by atoms with Gasteiger partial charge in [0.25, 0.3) is 0 Å². The minimum Gasteiger partial charge on any atom is -0.383 e. The predicted octanol–water partition coefficient (Wildman–Crippen LogP) is 4.45. The number of nitrogens with zero attached hydrogens (tertiary/aromatic N) is 1. The van der Waals surface area contributed by atoms with Crippen molar-refractivity contribution < 1.29 is 0 Å². The molecular weight excluding hydrogens is 368 g/mol. The van der Waals surface area contributed by atoms with Gasteiger partial charge in [0.15, 0.2) is 5.66 Å². The molecule has 0 fully saturated rings. The number of anilines is 1. The third kappa shape index (κ3) is 3.24. The lowest BCUT2D eigenvalue weighted by Gasteiger charge is -2.29. The molecule has 23 heavy (non-hydrogen) atoms. The summed E-state index contributed by atoms with van der Waals surface area (Å²) >= 11 is 11.1. The first kappa shape index (κ1) is 16.7. The monoisotopic (exact) mass is 382 g/mol. The van der Waals surface area contributed by atoms with Gasteiger partial charge in [-0.15, -0.1) is 34.9 Å². The molecule has 1 atom stereocenters. The van der Waals surface area contributed by atoms with Gasteiger partial charge in [0.2, 0.25) is 0 Å². The molecule has 120 valence electrons. The number of benzene rings is 1. The summed E-state index contributed by atoms with van der Waals surface area (Å²) < 4.78 is 1.11. The molecule has 0 aliphatic carbocycles. The SMILES string of the molecule is CSc1sc(C(=N)N)cc1C1(Nc2ccccc2Cl)CSC=N1. The number of rotatable bonds is 5. The van der Waals surface area contributed by atoms with Gasteiger partial charge in [-0.2, -0.15) is 0 Å². The number of amidine groups is 1. The lowest BCUT2D eigenvalue weighted by atomic mass is 10.0. The normalized spacial score (nSPS) is 19.9. The number of hydrogen-bond donors (Lipinski definition) is 3. The fourth-order valence-corrected chi connectivity index (χ4v) is 5.27. The molecule has 1 aromatic carbocycles. The maximum atomic E-state index is 7.70. The van der Waals surface area contributed by atoms with E-state index in [1.807, 2.05) is 42.1 Å². The highest BCUT2D eigenvalue weighted by molar-refractivity contribution is 8.12. The summed E-state index contributed by atoms with van der Waals surface area (Å²) in [5.74, 6) is 0.846. The van der Waals surface area contributed by atoms with Crippen LogP contribution in [0.25, 0.3) is 0 Å². The molecule has 0 amide bonds. The Morgan fingerprint density at radius 1 is 1.48 bits per heavy atom. The zero-order valence-electron chi connectivity index (χ0n) is 12.3. The van der Waals surface area contributed by atoms with Crippen molar-refractivity contribution in [1.29, 1.82) is 5.41 Å². The van der Waals surface area contributed by atoms with E-state index in [1.165, 1.54) is 11.3 Å². The van der Waals surface area contributed by atoms with Crippen LogP contribution in [-0.4, -0.2) is 23.4 Å². The van der Waals surface area contributed by atoms with Crippen LogP contribution in [0.2, 0.25) is 5.02 Å². The first-order chi connectivity index (χ1) is 11.1. The van der Waals surface area contributed by atoms with E-state index in [1.54, 1.807) is 23.5 Å². The molecule has 3 rings (SSSR count). The highest BCUT2D eigenvalue weighted by Gasteiger charge is 2.38. The first-order valence-electron chi connectivity index (χ1n) is 6.76. The maximum absolute atomic E-state index is 7.70. The number of hydrogen-bond acceptors (Lipinski definition) is 6. The molecule has 1 aromatic heterocycles. The lowest BCUT2D eigenvalue weighted by Crippen LogP contribution is -2.34. The molecule has 2 heterocycles. The second-order valence-electron chi connectivity index (χ2n) is 4.94. The second kappa shape index (κ2) is 6.76. The standard InChI is InChI=1S/C15H15ClN4S3/c1-21-14-9(6-12(23-14)13(17)18)15(7-22-8-19-15)20-11-5-3-2-4-10(11)16/h2-6,8,20H,7H2,1H3,(H3,17,18). The van der Waals surface area contributed by atoms with Gasteiger partial charge in [-0.25, -0.2) is 0 Å². The van der Waals surface area contributed by atoms with Crippen LogP contribution in [0, 0.1) is 5.41 Å². The summed E-state index contributed by atoms with van der Waals surface area (Å²) in [5, 5.41) is 11.9. The van der Waals surface area contributed by atoms with Gasteiger partial charge in [-0.05, 0) is 24.5 Å². The van der Waals surface area contributed by atoms with Crippen molar-refractivity contribution in [3.63, 3.8) is 0 Å². The predicted molar refractivity (Wildman–Crippen MR) is 105 cm³/mol. The highest BCUT2D eigenvalue weighted by atomic mass is 35.5. The van der Waals surface area contributed by atoms with E-state index in [0.717, 1.165) is 26.1 Å². The van der Waals surface area contributed by atoms with Crippen LogP contribution in [0.15, 0.2) is 39.5 Å². The van der Waals surface area contributed by atoms with Crippen LogP contribution in [0.4, 0.5) is 5.69 Å². The van der Waals surface area contributed by atoms with Crippen molar-refractivity contribution in [3.8, 4) is 0 Å². The average Bonchev–Trinajstić information content (AvgIpc) is 3.17. The summed E-state index contributed by atoms with van der Waals surface area (Å²) in [6.45, 7) is 0. The van der Waals surface area contributed by atoms with Crippen LogP contribution >= 0.6 is 46.5 Å². The summed E-state index contributed by atoms with van der Waals surface area (Å²) in [6.07, 6.45) is 2.02. The van der Waals surface area contributed by atoms with E-state index >= 15 is 0 Å². The molecule has 8 heteroatoms. The van der Waals surface area contributed by atoms with Crippen molar-refractivity contribution in [2.24, 2.45) is 10.7 Å². The average molecular weight is 383 g/mol. The van der Waals surface area contributed by atoms with Crippen LogP contribution < -0.4 is 11.1 Å². The number of thioether (sulfide) groups is 2. The number of halogens is 1. The second-order valence-corrected chi connectivity index (χ2v) is 8.31. The van der Waals surface area contributed by atoms with Crippen LogP contribution in [0.3, 0.4) is 0 Å². The Balaban J connectivity index is 2.07. The van der Waals surface area contributed by atoms with Gasteiger partial charge in [-0.3, -0.25) is 10.4 Å². The molecule has 2 aromatic rings. The maximum Gasteiger partial charge on any atom is 0.167 e. The van der Waals surface area contributed by atoms with Crippen LogP contribution in [0.1, 0.15) is 10.4 Å². The molecule has 1 unspecified atom stereocenters. The highest BCUT2D eigenvalue weighted by Crippen LogP contribution is 2.44. The Kier molecular flexibility index (Phi) is 4.91. The Morgan fingerprint density at radius 2 is 2.26 bits per heavy atom. The summed E-state index contributed by atoms with van der Waals surface area (Å²) in [6, 6.07) is 9.61. The minimum atomic E-state index is -0.585. The fraction of sp³-hybridized carbons (Fsp3) is 0.200. The third-order valence-corrected chi connectivity index (χ3v) is 6.92. The van der Waals surface area contributed by atoms with Gasteiger partial charge in [0, 0.05) is 11.3 Å². The molecule has 0 saturated heterocycles. The molecular formula is C15H15ClN4S3. The van der Waals surface area contributed by atoms with E-state index < -0.39 is 5.66 Å². The fourth-order valence-electron chi connectivity index (χ4n) is 2.34. The van der Waals surface area contributed by atoms with E-state index in [0.29, 0.717) is 5.02 Å². The topological polar surface area (TPSA) is 74.3 Å². The van der Waals surface area contributed by atoms with Crippen molar-refractivity contribution in [2.75, 3.05) is 17.3 Å². The number of thiophene rings is 1. The van der Waals surface area contributed by atoms with Crippen molar-refractivity contribution in [2.45, 2.75) is 9.87 Å². The lowest BCUT2D eigenvalue weighted by molar-refractivity contribution is 0.593. The van der Waals surface area contributed by atoms with Crippen LogP contribution in [0.5, 0.6) is 0 Å². The van der Waals surface area contributed by atoms with Crippen molar-refractivity contribution in [1.82, 2.24) is 0 Å². The van der Waals surface area contributed by atoms with Gasteiger partial charge in [-0.1, -0.05) is 23.7 Å². The molecule has 0 bridgehead atoms. The summed E-state index contributed by atoms with van der Waals surface area (Å²) in [4.78, 5) is 5.47. The van der Waals surface area contributed by atoms with Crippen molar-refractivity contribution >= 4 is 63.5 Å². The third-order valence-electron chi connectivity index (χ3n) is 3.45. The number of aliphatic imine (C=N–C) groups is 1. The van der Waals surface area contributed by atoms with Gasteiger partial charge in [0.05, 0.1) is 25.3 Å². The van der Waals surface area contributed by atoms with Gasteiger partial charge >= 0.3 is 0 Å². The molecule has 0 saturated carbocycles. The molecule has 0 radical (unpaired) electrons. The summed E-state index contributed by atoms with van der Waals surface area (Å²) in [7, 11) is 0. The molecule has 1 aliphatic rings. The Hall–Kier alpha value is -1.15. The van der Waals surface area contributed by atoms with E-state index in [9.17, 15) is 0 Å². The largest absolute Gasteiger partial charge is 0.383 e. The molecule has 4 N–H and O–H groups in total. The Morgan fingerprint density at radius 3 is 2.87 bits per heavy atom. The minimum absolute atomic E-state index is 0.0825. The van der Waals surface area contributed by atoms with E-state index in [2.05, 4.69) is 5.32 Å². The Labute approximate surface area is 152 Å². The zero-order valence-corrected chi connectivity index (χ0v) is 15.5.